The van der Waals surface area contributed by atoms with Crippen LogP contribution in [0, 0.1) is 0 Å². The zero-order valence-electron chi connectivity index (χ0n) is 19.2. The van der Waals surface area contributed by atoms with E-state index in [1.807, 2.05) is 36.4 Å². The van der Waals surface area contributed by atoms with Gasteiger partial charge in [0.2, 0.25) is 11.8 Å². The van der Waals surface area contributed by atoms with Gasteiger partial charge in [-0.1, -0.05) is 29.8 Å². The minimum atomic E-state index is -0.408. The Labute approximate surface area is 217 Å². The molecule has 3 aromatic rings. The molecule has 35 heavy (non-hydrogen) atoms. The molecule has 0 radical (unpaired) electrons. The number of halogens is 1. The molecule has 2 N–H and O–H groups in total. The van der Waals surface area contributed by atoms with Gasteiger partial charge in [-0.3, -0.25) is 9.59 Å². The third kappa shape index (κ3) is 6.66. The van der Waals surface area contributed by atoms with Crippen molar-refractivity contribution in [2.24, 2.45) is 0 Å². The van der Waals surface area contributed by atoms with E-state index in [1.54, 1.807) is 12.1 Å². The summed E-state index contributed by atoms with van der Waals surface area (Å²) < 4.78 is 4.97. The number of rotatable bonds is 8. The monoisotopic (exact) mass is 528 g/mol. The van der Waals surface area contributed by atoms with Crippen LogP contribution in [0.2, 0.25) is 5.02 Å². The highest BCUT2D eigenvalue weighted by Crippen LogP contribution is 2.38. The lowest BCUT2D eigenvalue weighted by atomic mass is 9.95. The Hall–Kier alpha value is -2.81. The number of thioether (sulfide) groups is 1. The van der Waals surface area contributed by atoms with Gasteiger partial charge in [-0.25, -0.2) is 4.79 Å². The molecule has 9 heteroatoms. The highest BCUT2D eigenvalue weighted by molar-refractivity contribution is 8.00. The number of methoxy groups -OCH3 is 1. The number of aryl methyl sites for hydroxylation is 1. The molecule has 0 spiro atoms. The van der Waals surface area contributed by atoms with Gasteiger partial charge in [-0.15, -0.1) is 23.1 Å². The Balaban J connectivity index is 1.34. The number of esters is 1. The van der Waals surface area contributed by atoms with Crippen molar-refractivity contribution in [3.8, 4) is 0 Å². The van der Waals surface area contributed by atoms with Crippen molar-refractivity contribution < 1.29 is 19.1 Å². The van der Waals surface area contributed by atoms with Crippen molar-refractivity contribution in [2.75, 3.05) is 23.5 Å². The molecule has 1 aromatic heterocycles. The zero-order chi connectivity index (χ0) is 24.8. The van der Waals surface area contributed by atoms with Gasteiger partial charge in [0.25, 0.3) is 0 Å². The summed E-state index contributed by atoms with van der Waals surface area (Å²) in [5.41, 5.74) is 3.04. The van der Waals surface area contributed by atoms with E-state index in [2.05, 4.69) is 10.6 Å². The maximum Gasteiger partial charge on any atom is 0.341 e. The zero-order valence-corrected chi connectivity index (χ0v) is 21.6. The van der Waals surface area contributed by atoms with Gasteiger partial charge in [0, 0.05) is 20.5 Å². The normalized spacial score (nSPS) is 12.5. The van der Waals surface area contributed by atoms with E-state index >= 15 is 0 Å². The molecular weight excluding hydrogens is 504 g/mol. The second-order valence-corrected chi connectivity index (χ2v) is 10.7. The summed E-state index contributed by atoms with van der Waals surface area (Å²) >= 11 is 8.72. The van der Waals surface area contributed by atoms with Gasteiger partial charge in [-0.2, -0.15) is 0 Å². The van der Waals surface area contributed by atoms with Gasteiger partial charge < -0.3 is 15.4 Å². The van der Waals surface area contributed by atoms with Crippen LogP contribution in [0.3, 0.4) is 0 Å². The summed E-state index contributed by atoms with van der Waals surface area (Å²) in [7, 11) is 1.36. The number of hydrogen-bond acceptors (Lipinski definition) is 6. The van der Waals surface area contributed by atoms with Crippen molar-refractivity contribution in [1.29, 1.82) is 0 Å². The second kappa shape index (κ2) is 11.7. The molecule has 0 atom stereocenters. The number of thiophene rings is 1. The average molecular weight is 529 g/mol. The predicted molar refractivity (Wildman–Crippen MR) is 142 cm³/mol. The number of benzene rings is 2. The molecule has 2 aromatic carbocycles. The van der Waals surface area contributed by atoms with E-state index in [4.69, 9.17) is 16.3 Å². The largest absolute Gasteiger partial charge is 0.465 e. The van der Waals surface area contributed by atoms with Crippen LogP contribution in [-0.2, 0) is 33.6 Å². The number of amides is 2. The van der Waals surface area contributed by atoms with Crippen molar-refractivity contribution in [3.05, 3.63) is 75.1 Å². The van der Waals surface area contributed by atoms with E-state index < -0.39 is 5.97 Å². The lowest BCUT2D eigenvalue weighted by molar-refractivity contribution is -0.115. The smallest absolute Gasteiger partial charge is 0.341 e. The summed E-state index contributed by atoms with van der Waals surface area (Å²) in [6.45, 7) is 0. The molecule has 0 unspecified atom stereocenters. The third-order valence-electron chi connectivity index (χ3n) is 5.58. The molecule has 2 amide bonds. The van der Waals surface area contributed by atoms with Crippen molar-refractivity contribution in [1.82, 2.24) is 0 Å². The summed E-state index contributed by atoms with van der Waals surface area (Å²) in [6.07, 6.45) is 4.11. The van der Waals surface area contributed by atoms with E-state index in [0.29, 0.717) is 21.3 Å². The highest BCUT2D eigenvalue weighted by Gasteiger charge is 2.26. The van der Waals surface area contributed by atoms with Crippen molar-refractivity contribution in [2.45, 2.75) is 37.0 Å². The molecule has 182 valence electrons. The molecule has 0 aliphatic heterocycles. The maximum atomic E-state index is 12.7. The fourth-order valence-corrected chi connectivity index (χ4v) is 6.11. The minimum Gasteiger partial charge on any atom is -0.465 e. The van der Waals surface area contributed by atoms with Crippen LogP contribution >= 0.6 is 34.7 Å². The molecular formula is C26H25ClN2O4S2. The Morgan fingerprint density at radius 3 is 2.57 bits per heavy atom. The molecule has 6 nitrogen and oxygen atoms in total. The quantitative estimate of drug-likeness (QED) is 0.277. The number of anilines is 2. The van der Waals surface area contributed by atoms with Gasteiger partial charge >= 0.3 is 5.97 Å². The molecule has 0 saturated heterocycles. The van der Waals surface area contributed by atoms with Gasteiger partial charge in [0.15, 0.2) is 0 Å². The molecule has 1 heterocycles. The van der Waals surface area contributed by atoms with E-state index in [9.17, 15) is 14.4 Å². The first-order chi connectivity index (χ1) is 16.9. The standard InChI is InChI=1S/C26H25ClN2O4S2/c1-33-26(32)24-20-7-2-3-8-21(20)35-25(24)29-23(31)15-34-19-6-4-5-18(14-19)28-22(30)13-16-9-11-17(27)12-10-16/h4-6,9-12,14H,2-3,7-8,13,15H2,1H3,(H,28,30)(H,29,31). The van der Waals surface area contributed by atoms with Gasteiger partial charge in [0.1, 0.15) is 5.00 Å². The topological polar surface area (TPSA) is 84.5 Å². The van der Waals surface area contributed by atoms with E-state index in [0.717, 1.165) is 46.6 Å². The first-order valence-corrected chi connectivity index (χ1v) is 13.4. The van der Waals surface area contributed by atoms with Crippen LogP contribution in [0.15, 0.2) is 53.4 Å². The van der Waals surface area contributed by atoms with Gasteiger partial charge in [0.05, 0.1) is 24.8 Å². The fraction of sp³-hybridized carbons (Fsp3) is 0.269. The number of carbonyl (C=O) groups excluding carboxylic acids is 3. The first-order valence-electron chi connectivity index (χ1n) is 11.2. The van der Waals surface area contributed by atoms with Crippen LogP contribution < -0.4 is 10.6 Å². The van der Waals surface area contributed by atoms with Crippen LogP contribution in [-0.4, -0.2) is 30.6 Å². The Morgan fingerprint density at radius 2 is 1.80 bits per heavy atom. The van der Waals surface area contributed by atoms with Crippen molar-refractivity contribution in [3.63, 3.8) is 0 Å². The SMILES string of the molecule is COC(=O)c1c(NC(=O)CSc2cccc(NC(=O)Cc3ccc(Cl)cc3)c2)sc2c1CCCC2. The Bertz CT molecular complexity index is 1240. The molecule has 1 aliphatic carbocycles. The van der Waals surface area contributed by atoms with Crippen LogP contribution in [0.4, 0.5) is 10.7 Å². The molecule has 0 fully saturated rings. The van der Waals surface area contributed by atoms with Crippen LogP contribution in [0.1, 0.15) is 39.2 Å². The summed E-state index contributed by atoms with van der Waals surface area (Å²) in [5.74, 6) is -0.569. The summed E-state index contributed by atoms with van der Waals surface area (Å²) in [5, 5.41) is 7.00. The molecule has 0 saturated carbocycles. The maximum absolute atomic E-state index is 12.7. The minimum absolute atomic E-state index is 0.135. The number of ether oxygens (including phenoxy) is 1. The number of hydrogen-bond donors (Lipinski definition) is 2. The fourth-order valence-electron chi connectivity index (χ4n) is 3.94. The number of nitrogens with one attached hydrogen (secondary N) is 2. The average Bonchev–Trinajstić information content (AvgIpc) is 3.21. The highest BCUT2D eigenvalue weighted by atomic mass is 35.5. The second-order valence-electron chi connectivity index (χ2n) is 8.12. The first kappa shape index (κ1) is 25.3. The molecule has 1 aliphatic rings. The van der Waals surface area contributed by atoms with Crippen LogP contribution in [0.5, 0.6) is 0 Å². The Kier molecular flexibility index (Phi) is 8.49. The lowest BCUT2D eigenvalue weighted by Gasteiger charge is -2.11. The number of carbonyl (C=O) groups is 3. The number of fused-ring (bicyclic) bond motifs is 1. The van der Waals surface area contributed by atoms with Gasteiger partial charge in [-0.05, 0) is 67.1 Å². The summed E-state index contributed by atoms with van der Waals surface area (Å²) in [6, 6.07) is 14.5. The van der Waals surface area contributed by atoms with E-state index in [1.165, 1.54) is 30.2 Å². The molecule has 0 bridgehead atoms. The predicted octanol–water partition coefficient (Wildman–Crippen LogP) is 5.98. The third-order valence-corrected chi connectivity index (χ3v) is 8.03. The van der Waals surface area contributed by atoms with Crippen LogP contribution in [0.25, 0.3) is 0 Å². The molecule has 4 rings (SSSR count). The van der Waals surface area contributed by atoms with E-state index in [-0.39, 0.29) is 24.0 Å². The summed E-state index contributed by atoms with van der Waals surface area (Å²) in [4.78, 5) is 39.5. The Morgan fingerprint density at radius 1 is 1.03 bits per heavy atom. The lowest BCUT2D eigenvalue weighted by Crippen LogP contribution is -2.16. The van der Waals surface area contributed by atoms with Crippen molar-refractivity contribution >= 4 is 63.2 Å².